The number of nitrogens with one attached hydrogen (secondary N) is 1. The third-order valence-corrected chi connectivity index (χ3v) is 4.57. The van der Waals surface area contributed by atoms with Crippen LogP contribution in [0.1, 0.15) is 50.3 Å². The minimum Gasteiger partial charge on any atom is -0.396 e. The zero-order valence-corrected chi connectivity index (χ0v) is 13.4. The van der Waals surface area contributed by atoms with Crippen LogP contribution in [-0.4, -0.2) is 24.3 Å². The van der Waals surface area contributed by atoms with Crippen LogP contribution >= 0.6 is 0 Å². The summed E-state index contributed by atoms with van der Waals surface area (Å²) >= 11 is 0. The van der Waals surface area contributed by atoms with E-state index in [9.17, 15) is 5.11 Å². The van der Waals surface area contributed by atoms with Crippen LogP contribution in [0.5, 0.6) is 0 Å². The van der Waals surface area contributed by atoms with Crippen molar-refractivity contribution >= 4 is 0 Å². The second-order valence-electron chi connectivity index (χ2n) is 6.77. The van der Waals surface area contributed by atoms with E-state index in [0.29, 0.717) is 24.4 Å². The molecular formula is C18H30N2O. The number of benzene rings is 1. The molecule has 1 aromatic rings. The van der Waals surface area contributed by atoms with Crippen molar-refractivity contribution in [3.8, 4) is 0 Å². The first-order chi connectivity index (χ1) is 10.1. The molecule has 3 nitrogen and oxygen atoms in total. The van der Waals surface area contributed by atoms with Crippen molar-refractivity contribution in [1.29, 1.82) is 0 Å². The van der Waals surface area contributed by atoms with Gasteiger partial charge in [-0.25, -0.2) is 0 Å². The van der Waals surface area contributed by atoms with Crippen molar-refractivity contribution in [2.45, 2.75) is 51.6 Å². The van der Waals surface area contributed by atoms with Crippen molar-refractivity contribution in [3.05, 3.63) is 35.4 Å². The summed E-state index contributed by atoms with van der Waals surface area (Å²) in [7, 11) is 0. The highest BCUT2D eigenvalue weighted by molar-refractivity contribution is 5.25. The van der Waals surface area contributed by atoms with E-state index < -0.39 is 0 Å². The molecule has 3 unspecified atom stereocenters. The number of hydrogen-bond acceptors (Lipinski definition) is 3. The number of aliphatic hydroxyl groups excluding tert-OH is 1. The molecule has 0 amide bonds. The number of hydrogen-bond donors (Lipinski definition) is 3. The Bertz CT molecular complexity index is 416. The third-order valence-electron chi connectivity index (χ3n) is 4.57. The summed E-state index contributed by atoms with van der Waals surface area (Å²) in [5.74, 6) is 1.07. The predicted octanol–water partition coefficient (Wildman–Crippen LogP) is 2.64. The summed E-state index contributed by atoms with van der Waals surface area (Å²) in [5.41, 5.74) is 8.61. The second kappa shape index (κ2) is 7.92. The summed E-state index contributed by atoms with van der Waals surface area (Å²) in [5, 5.41) is 13.1. The first kappa shape index (κ1) is 16.5. The minimum absolute atomic E-state index is 0.190. The van der Waals surface area contributed by atoms with E-state index in [0.717, 1.165) is 19.3 Å². The zero-order valence-electron chi connectivity index (χ0n) is 13.4. The maximum absolute atomic E-state index is 9.44. The van der Waals surface area contributed by atoms with Gasteiger partial charge in [-0.3, -0.25) is 0 Å². The lowest BCUT2D eigenvalue weighted by molar-refractivity contribution is 0.200. The Kier molecular flexibility index (Phi) is 6.22. The van der Waals surface area contributed by atoms with Crippen molar-refractivity contribution < 1.29 is 5.11 Å². The molecular weight excluding hydrogens is 260 g/mol. The van der Waals surface area contributed by atoms with Gasteiger partial charge in [0.1, 0.15) is 0 Å². The van der Waals surface area contributed by atoms with Crippen molar-refractivity contribution in [3.63, 3.8) is 0 Å². The fourth-order valence-corrected chi connectivity index (χ4v) is 3.39. The van der Waals surface area contributed by atoms with Gasteiger partial charge in [0.15, 0.2) is 0 Å². The molecule has 0 bridgehead atoms. The third kappa shape index (κ3) is 4.53. The Labute approximate surface area is 128 Å². The average Bonchev–Trinajstić information content (AvgIpc) is 2.92. The fourth-order valence-electron chi connectivity index (χ4n) is 3.39. The minimum atomic E-state index is 0.190. The maximum atomic E-state index is 9.44. The van der Waals surface area contributed by atoms with Crippen LogP contribution in [0.3, 0.4) is 0 Å². The normalized spacial score (nSPS) is 23.7. The fraction of sp³-hybridized carbons (Fsp3) is 0.667. The molecule has 118 valence electrons. The first-order valence-electron chi connectivity index (χ1n) is 8.29. The highest BCUT2D eigenvalue weighted by Gasteiger charge is 2.28. The molecule has 3 atom stereocenters. The Morgan fingerprint density at radius 2 is 1.95 bits per heavy atom. The highest BCUT2D eigenvalue weighted by Crippen LogP contribution is 2.27. The number of rotatable bonds is 7. The zero-order chi connectivity index (χ0) is 15.2. The lowest BCUT2D eigenvalue weighted by Gasteiger charge is -2.26. The molecule has 0 heterocycles. The van der Waals surface area contributed by atoms with Crippen LogP contribution in [0, 0.1) is 11.8 Å². The van der Waals surface area contributed by atoms with Gasteiger partial charge < -0.3 is 16.2 Å². The van der Waals surface area contributed by atoms with Crippen LogP contribution in [0.15, 0.2) is 24.3 Å². The lowest BCUT2D eigenvalue weighted by Crippen LogP contribution is -2.39. The number of nitrogens with two attached hydrogens (primary N) is 1. The maximum Gasteiger partial charge on any atom is 0.0474 e. The van der Waals surface area contributed by atoms with E-state index >= 15 is 0 Å². The van der Waals surface area contributed by atoms with Gasteiger partial charge in [0.05, 0.1) is 0 Å². The quantitative estimate of drug-likeness (QED) is 0.723. The van der Waals surface area contributed by atoms with E-state index in [2.05, 4.69) is 43.4 Å². The topological polar surface area (TPSA) is 58.3 Å². The average molecular weight is 290 g/mol. The van der Waals surface area contributed by atoms with E-state index in [1.165, 1.54) is 17.5 Å². The molecule has 4 N–H and O–H groups in total. The molecule has 21 heavy (non-hydrogen) atoms. The molecule has 1 aliphatic carbocycles. The van der Waals surface area contributed by atoms with Gasteiger partial charge in [-0.2, -0.15) is 0 Å². The Balaban J connectivity index is 2.00. The van der Waals surface area contributed by atoms with Crippen molar-refractivity contribution in [1.82, 2.24) is 5.32 Å². The molecule has 0 radical (unpaired) electrons. The van der Waals surface area contributed by atoms with Gasteiger partial charge in [0.25, 0.3) is 0 Å². The summed E-state index contributed by atoms with van der Waals surface area (Å²) < 4.78 is 0. The van der Waals surface area contributed by atoms with Gasteiger partial charge in [-0.15, -0.1) is 0 Å². The van der Waals surface area contributed by atoms with E-state index in [1.54, 1.807) is 0 Å². The summed E-state index contributed by atoms with van der Waals surface area (Å²) in [4.78, 5) is 0. The Morgan fingerprint density at radius 1 is 1.24 bits per heavy atom. The summed E-state index contributed by atoms with van der Waals surface area (Å²) in [6, 6.07) is 9.43. The van der Waals surface area contributed by atoms with Crippen LogP contribution in [0.2, 0.25) is 0 Å². The molecule has 0 aromatic heterocycles. The van der Waals surface area contributed by atoms with Gasteiger partial charge in [-0.05, 0) is 42.2 Å². The van der Waals surface area contributed by atoms with Crippen LogP contribution < -0.4 is 11.1 Å². The molecule has 1 aromatic carbocycles. The highest BCUT2D eigenvalue weighted by atomic mass is 16.3. The van der Waals surface area contributed by atoms with Crippen LogP contribution in [0.25, 0.3) is 0 Å². The standard InChI is InChI=1S/C18H30N2O/c1-13(2)10-14-6-8-15(9-7-14)18(11-19)20-17-5-3-4-16(17)12-21/h6-9,13,16-18,20-21H,3-5,10-12,19H2,1-2H3. The van der Waals surface area contributed by atoms with Gasteiger partial charge >= 0.3 is 0 Å². The van der Waals surface area contributed by atoms with Gasteiger partial charge in [0, 0.05) is 25.2 Å². The summed E-state index contributed by atoms with van der Waals surface area (Å²) in [6.45, 7) is 5.36. The molecule has 2 rings (SSSR count). The molecule has 0 saturated heterocycles. The lowest BCUT2D eigenvalue weighted by atomic mass is 9.98. The number of aliphatic hydroxyl groups is 1. The van der Waals surface area contributed by atoms with Crippen molar-refractivity contribution in [2.24, 2.45) is 17.6 Å². The Hall–Kier alpha value is -0.900. The molecule has 1 saturated carbocycles. The van der Waals surface area contributed by atoms with Gasteiger partial charge in [-0.1, -0.05) is 44.5 Å². The van der Waals surface area contributed by atoms with Gasteiger partial charge in [0.2, 0.25) is 0 Å². The van der Waals surface area contributed by atoms with E-state index in [4.69, 9.17) is 5.73 Å². The largest absolute Gasteiger partial charge is 0.396 e. The Morgan fingerprint density at radius 3 is 2.52 bits per heavy atom. The predicted molar refractivity (Wildman–Crippen MR) is 88.1 cm³/mol. The molecule has 0 spiro atoms. The molecule has 1 fully saturated rings. The van der Waals surface area contributed by atoms with E-state index in [1.807, 2.05) is 0 Å². The molecule has 3 heteroatoms. The van der Waals surface area contributed by atoms with Crippen molar-refractivity contribution in [2.75, 3.05) is 13.2 Å². The second-order valence-corrected chi connectivity index (χ2v) is 6.77. The van der Waals surface area contributed by atoms with Crippen LogP contribution in [-0.2, 0) is 6.42 Å². The van der Waals surface area contributed by atoms with Crippen LogP contribution in [0.4, 0.5) is 0 Å². The summed E-state index contributed by atoms with van der Waals surface area (Å²) in [6.07, 6.45) is 4.59. The monoisotopic (exact) mass is 290 g/mol. The smallest absolute Gasteiger partial charge is 0.0474 e. The first-order valence-corrected chi connectivity index (χ1v) is 8.29. The molecule has 0 aliphatic heterocycles. The SMILES string of the molecule is CC(C)Cc1ccc(C(CN)NC2CCCC2CO)cc1. The van der Waals surface area contributed by atoms with E-state index in [-0.39, 0.29) is 12.6 Å². The molecule has 1 aliphatic rings.